The molecule has 5 nitrogen and oxygen atoms in total. The Labute approximate surface area is 167 Å². The van der Waals surface area contributed by atoms with Gasteiger partial charge in [-0.3, -0.25) is 9.59 Å². The predicted molar refractivity (Wildman–Crippen MR) is 114 cm³/mol. The van der Waals surface area contributed by atoms with Gasteiger partial charge in [-0.05, 0) is 41.8 Å². The number of anilines is 1. The summed E-state index contributed by atoms with van der Waals surface area (Å²) in [6, 6.07) is 17.1. The van der Waals surface area contributed by atoms with Crippen molar-refractivity contribution < 1.29 is 4.79 Å². The van der Waals surface area contributed by atoms with E-state index in [9.17, 15) is 9.59 Å². The monoisotopic (exact) mass is 393 g/mol. The lowest BCUT2D eigenvalue weighted by molar-refractivity contribution is -0.126. The van der Waals surface area contributed by atoms with Gasteiger partial charge in [0.1, 0.15) is 0 Å². The molecule has 1 aliphatic heterocycles. The zero-order valence-electron chi connectivity index (χ0n) is 15.3. The third-order valence-electron chi connectivity index (χ3n) is 4.95. The van der Waals surface area contributed by atoms with Crippen LogP contribution in [0.25, 0.3) is 17.0 Å². The van der Waals surface area contributed by atoms with Crippen LogP contribution in [0.5, 0.6) is 0 Å². The van der Waals surface area contributed by atoms with Gasteiger partial charge in [-0.2, -0.15) is 0 Å². The van der Waals surface area contributed by atoms with Crippen LogP contribution in [0.1, 0.15) is 5.56 Å². The van der Waals surface area contributed by atoms with Crippen molar-refractivity contribution in [1.29, 1.82) is 0 Å². The molecule has 0 spiro atoms. The fraction of sp³-hybridized carbons (Fsp3) is 0.182. The molecule has 0 unspecified atom stereocenters. The van der Waals surface area contributed by atoms with Crippen LogP contribution in [-0.4, -0.2) is 42.0 Å². The molecule has 28 heavy (non-hydrogen) atoms. The molecular formula is C22H20ClN3O2. The molecule has 0 aliphatic carbocycles. The Bertz CT molecular complexity index is 1100. The van der Waals surface area contributed by atoms with Crippen LogP contribution in [0.2, 0.25) is 5.02 Å². The summed E-state index contributed by atoms with van der Waals surface area (Å²) in [5.41, 5.74) is 2.13. The summed E-state index contributed by atoms with van der Waals surface area (Å²) < 4.78 is 0. The first-order valence-corrected chi connectivity index (χ1v) is 9.57. The number of aromatic amines is 1. The van der Waals surface area contributed by atoms with E-state index in [0.717, 1.165) is 29.7 Å². The van der Waals surface area contributed by atoms with Gasteiger partial charge >= 0.3 is 0 Å². The topological polar surface area (TPSA) is 56.4 Å². The minimum Gasteiger partial charge on any atom is -0.368 e. The number of hydrogen-bond donors (Lipinski definition) is 1. The number of para-hydroxylation sites is 1. The highest BCUT2D eigenvalue weighted by atomic mass is 35.5. The molecule has 2 aromatic carbocycles. The molecule has 1 saturated heterocycles. The lowest BCUT2D eigenvalue weighted by atomic mass is 10.1. The molecule has 1 N–H and O–H groups in total. The average Bonchev–Trinajstić information content (AvgIpc) is 2.72. The van der Waals surface area contributed by atoms with Crippen molar-refractivity contribution in [1.82, 2.24) is 9.88 Å². The van der Waals surface area contributed by atoms with Crippen LogP contribution in [0.4, 0.5) is 5.69 Å². The van der Waals surface area contributed by atoms with E-state index in [0.29, 0.717) is 23.7 Å². The van der Waals surface area contributed by atoms with Crippen molar-refractivity contribution in [2.24, 2.45) is 0 Å². The number of halogens is 1. The number of benzene rings is 2. The largest absolute Gasteiger partial charge is 0.368 e. The first kappa shape index (κ1) is 18.3. The van der Waals surface area contributed by atoms with Crippen molar-refractivity contribution in [3.63, 3.8) is 0 Å². The standard InChI is InChI=1S/C22H20ClN3O2/c23-18-5-3-6-19(15-18)25-10-12-26(13-11-25)21(27)9-8-17-14-16-4-1-2-7-20(16)24-22(17)28/h1-9,14-15H,10-13H2,(H,24,28)/b9-8+. The first-order valence-electron chi connectivity index (χ1n) is 9.20. The van der Waals surface area contributed by atoms with Crippen LogP contribution in [-0.2, 0) is 4.79 Å². The molecule has 2 heterocycles. The second-order valence-electron chi connectivity index (χ2n) is 6.77. The SMILES string of the molecule is O=C(/C=C/c1cc2ccccc2[nH]c1=O)N1CCN(c2cccc(Cl)c2)CC1. The van der Waals surface area contributed by atoms with E-state index in [-0.39, 0.29) is 11.5 Å². The van der Waals surface area contributed by atoms with E-state index in [1.54, 1.807) is 17.0 Å². The lowest BCUT2D eigenvalue weighted by Gasteiger charge is -2.35. The normalized spacial score (nSPS) is 14.8. The zero-order chi connectivity index (χ0) is 19.5. The number of carbonyl (C=O) groups excluding carboxylic acids is 1. The van der Waals surface area contributed by atoms with Crippen molar-refractivity contribution in [2.75, 3.05) is 31.1 Å². The highest BCUT2D eigenvalue weighted by Gasteiger charge is 2.20. The molecule has 142 valence electrons. The van der Waals surface area contributed by atoms with Gasteiger partial charge in [0.2, 0.25) is 5.91 Å². The third-order valence-corrected chi connectivity index (χ3v) is 5.19. The van der Waals surface area contributed by atoms with Gasteiger partial charge in [0.25, 0.3) is 5.56 Å². The zero-order valence-corrected chi connectivity index (χ0v) is 16.0. The molecular weight excluding hydrogens is 374 g/mol. The van der Waals surface area contributed by atoms with Crippen LogP contribution >= 0.6 is 11.6 Å². The van der Waals surface area contributed by atoms with E-state index in [4.69, 9.17) is 11.6 Å². The maximum absolute atomic E-state index is 12.5. The summed E-state index contributed by atoms with van der Waals surface area (Å²) in [6.45, 7) is 2.75. The number of nitrogens with one attached hydrogen (secondary N) is 1. The average molecular weight is 394 g/mol. The van der Waals surface area contributed by atoms with Gasteiger partial charge in [0, 0.05) is 54.0 Å². The van der Waals surface area contributed by atoms with Crippen LogP contribution in [0.15, 0.2) is 65.5 Å². The molecule has 0 radical (unpaired) electrons. The van der Waals surface area contributed by atoms with Crippen molar-refractivity contribution in [3.8, 4) is 0 Å². The summed E-state index contributed by atoms with van der Waals surface area (Å²) in [5, 5.41) is 1.64. The number of hydrogen-bond acceptors (Lipinski definition) is 3. The number of fused-ring (bicyclic) bond motifs is 1. The van der Waals surface area contributed by atoms with E-state index >= 15 is 0 Å². The minimum atomic E-state index is -0.200. The second kappa shape index (κ2) is 7.90. The van der Waals surface area contributed by atoms with Gasteiger partial charge < -0.3 is 14.8 Å². The Morgan fingerprint density at radius 2 is 1.79 bits per heavy atom. The van der Waals surface area contributed by atoms with Gasteiger partial charge in [-0.25, -0.2) is 0 Å². The quantitative estimate of drug-likeness (QED) is 0.692. The fourth-order valence-corrected chi connectivity index (χ4v) is 3.60. The van der Waals surface area contributed by atoms with Crippen molar-refractivity contribution in [2.45, 2.75) is 0 Å². The first-order chi connectivity index (χ1) is 13.6. The number of H-pyrrole nitrogens is 1. The van der Waals surface area contributed by atoms with Gasteiger partial charge in [-0.15, -0.1) is 0 Å². The number of carbonyl (C=O) groups is 1. The molecule has 0 bridgehead atoms. The van der Waals surface area contributed by atoms with Crippen LogP contribution in [0.3, 0.4) is 0 Å². The highest BCUT2D eigenvalue weighted by molar-refractivity contribution is 6.30. The van der Waals surface area contributed by atoms with Crippen molar-refractivity contribution >= 4 is 40.2 Å². The van der Waals surface area contributed by atoms with E-state index in [1.165, 1.54) is 6.08 Å². The van der Waals surface area contributed by atoms with E-state index in [2.05, 4.69) is 9.88 Å². The predicted octanol–water partition coefficient (Wildman–Crippen LogP) is 3.54. The van der Waals surface area contributed by atoms with Crippen LogP contribution in [0, 0.1) is 0 Å². The maximum Gasteiger partial charge on any atom is 0.255 e. The molecule has 1 aliphatic rings. The third kappa shape index (κ3) is 3.94. The number of pyridine rings is 1. The van der Waals surface area contributed by atoms with Gasteiger partial charge in [0.15, 0.2) is 0 Å². The van der Waals surface area contributed by atoms with Gasteiger partial charge in [-0.1, -0.05) is 35.9 Å². The Morgan fingerprint density at radius 1 is 1.00 bits per heavy atom. The molecule has 4 rings (SSSR count). The molecule has 1 aromatic heterocycles. The molecule has 6 heteroatoms. The summed E-state index contributed by atoms with van der Waals surface area (Å²) in [6.07, 6.45) is 3.07. The minimum absolute atomic E-state index is 0.0849. The number of nitrogens with zero attached hydrogens (tertiary/aromatic N) is 2. The molecule has 1 fully saturated rings. The molecule has 1 amide bonds. The second-order valence-corrected chi connectivity index (χ2v) is 7.20. The molecule has 0 atom stereocenters. The smallest absolute Gasteiger partial charge is 0.255 e. The van der Waals surface area contributed by atoms with E-state index in [1.807, 2.05) is 48.5 Å². The fourth-order valence-electron chi connectivity index (χ4n) is 3.41. The Kier molecular flexibility index (Phi) is 5.17. The number of rotatable bonds is 3. The summed E-state index contributed by atoms with van der Waals surface area (Å²) >= 11 is 6.06. The van der Waals surface area contributed by atoms with Crippen LogP contribution < -0.4 is 10.5 Å². The Balaban J connectivity index is 1.42. The Hall–Kier alpha value is -3.05. The Morgan fingerprint density at radius 3 is 2.57 bits per heavy atom. The van der Waals surface area contributed by atoms with Gasteiger partial charge in [0.05, 0.1) is 0 Å². The molecule has 0 saturated carbocycles. The van der Waals surface area contributed by atoms with E-state index < -0.39 is 0 Å². The number of aromatic nitrogens is 1. The van der Waals surface area contributed by atoms with Crippen molar-refractivity contribution in [3.05, 3.63) is 81.6 Å². The number of piperazine rings is 1. The highest BCUT2D eigenvalue weighted by Crippen LogP contribution is 2.21. The lowest BCUT2D eigenvalue weighted by Crippen LogP contribution is -2.48. The molecule has 3 aromatic rings. The summed E-state index contributed by atoms with van der Waals surface area (Å²) in [5.74, 6) is -0.0849. The summed E-state index contributed by atoms with van der Waals surface area (Å²) in [4.78, 5) is 31.6. The summed E-state index contributed by atoms with van der Waals surface area (Å²) in [7, 11) is 0. The maximum atomic E-state index is 12.5. The number of amides is 1.